The Morgan fingerprint density at radius 3 is 2.44 bits per heavy atom. The van der Waals surface area contributed by atoms with Crippen molar-refractivity contribution in [2.75, 3.05) is 5.73 Å². The number of para-hydroxylation sites is 1. The number of aryl methyl sites for hydroxylation is 2. The summed E-state index contributed by atoms with van der Waals surface area (Å²) < 4.78 is 6.25. The number of ketones is 2. The number of carbonyl (C=O) groups is 2. The predicted molar refractivity (Wildman–Crippen MR) is 138 cm³/mol. The molecule has 0 unspecified atom stereocenters. The largest absolute Gasteiger partial charge is 0.439 e. The number of rotatable bonds is 6. The number of H-pyrrole nitrogens is 1. The van der Waals surface area contributed by atoms with Gasteiger partial charge < -0.3 is 5.73 Å². The van der Waals surface area contributed by atoms with Gasteiger partial charge in [0.15, 0.2) is 5.78 Å². The molecular weight excluding hydrogens is 476 g/mol. The molecule has 3 heterocycles. The average molecular weight is 500 g/mol. The highest BCUT2D eigenvalue weighted by Crippen LogP contribution is 2.42. The van der Waals surface area contributed by atoms with E-state index in [9.17, 15) is 14.4 Å². The molecule has 3 aromatic heterocycles. The molecular formula is C27H23N4O4S+. The van der Waals surface area contributed by atoms with Crippen molar-refractivity contribution in [3.8, 4) is 16.8 Å². The Kier molecular flexibility index (Phi) is 5.85. The van der Waals surface area contributed by atoms with Gasteiger partial charge in [0.2, 0.25) is 5.69 Å². The minimum atomic E-state index is -0.815. The lowest BCUT2D eigenvalue weighted by molar-refractivity contribution is -0.672. The fourth-order valence-electron chi connectivity index (χ4n) is 4.39. The Balaban J connectivity index is 1.76. The zero-order chi connectivity index (χ0) is 25.6. The van der Waals surface area contributed by atoms with Crippen LogP contribution in [0.25, 0.3) is 27.0 Å². The second-order valence-corrected chi connectivity index (χ2v) is 9.41. The molecule has 0 fully saturated rings. The second-order valence-electron chi connectivity index (χ2n) is 8.41. The Labute approximate surface area is 210 Å². The van der Waals surface area contributed by atoms with Gasteiger partial charge >= 0.3 is 11.3 Å². The van der Waals surface area contributed by atoms with Crippen molar-refractivity contribution in [1.29, 1.82) is 0 Å². The predicted octanol–water partition coefficient (Wildman–Crippen LogP) is 4.41. The molecule has 0 radical (unpaired) electrons. The van der Waals surface area contributed by atoms with Gasteiger partial charge in [0.05, 0.1) is 11.4 Å². The van der Waals surface area contributed by atoms with Crippen LogP contribution in [0.4, 0.5) is 5.69 Å². The molecule has 0 atom stereocenters. The maximum Gasteiger partial charge on any atom is 0.439 e. The number of Topliss-reactive ketones (excluding diaryl/α,β-unsaturated/α-hetero) is 1. The third-order valence-corrected chi connectivity index (χ3v) is 7.24. The number of nitrogens with zero attached hydrogens (tertiary/aromatic N) is 2. The van der Waals surface area contributed by atoms with Crippen LogP contribution >= 0.6 is 11.3 Å². The van der Waals surface area contributed by atoms with E-state index in [1.54, 1.807) is 31.2 Å². The number of pyridine rings is 1. The number of aromatic amines is 1. The number of benzene rings is 2. The van der Waals surface area contributed by atoms with Crippen LogP contribution in [0.2, 0.25) is 0 Å². The number of hydrogen-bond donors (Lipinski definition) is 2. The highest BCUT2D eigenvalue weighted by molar-refractivity contribution is 7.21. The molecule has 0 spiro atoms. The Bertz CT molecular complexity index is 1700. The van der Waals surface area contributed by atoms with Crippen molar-refractivity contribution >= 4 is 38.8 Å². The second kappa shape index (κ2) is 9.01. The van der Waals surface area contributed by atoms with Gasteiger partial charge in [-0.3, -0.25) is 14.1 Å². The maximum absolute atomic E-state index is 13.7. The molecule has 0 bridgehead atoms. The first-order valence-electron chi connectivity index (χ1n) is 11.4. The van der Waals surface area contributed by atoms with Crippen LogP contribution in [-0.4, -0.2) is 21.8 Å². The van der Waals surface area contributed by atoms with E-state index < -0.39 is 11.4 Å². The van der Waals surface area contributed by atoms with E-state index in [1.165, 1.54) is 11.6 Å². The smallest absolute Gasteiger partial charge is 0.397 e. The minimum Gasteiger partial charge on any atom is -0.397 e. The van der Waals surface area contributed by atoms with Crippen molar-refractivity contribution < 1.29 is 18.8 Å². The maximum atomic E-state index is 13.7. The van der Waals surface area contributed by atoms with E-state index in [1.807, 2.05) is 30.3 Å². The van der Waals surface area contributed by atoms with E-state index in [4.69, 9.17) is 10.3 Å². The molecule has 0 aliphatic heterocycles. The Morgan fingerprint density at radius 2 is 1.81 bits per heavy atom. The number of anilines is 1. The van der Waals surface area contributed by atoms with E-state index >= 15 is 0 Å². The molecule has 2 aromatic carbocycles. The van der Waals surface area contributed by atoms with Gasteiger partial charge in [-0.1, -0.05) is 49.4 Å². The van der Waals surface area contributed by atoms with Gasteiger partial charge in [-0.2, -0.15) is 0 Å². The number of nitrogens with one attached hydrogen (secondary N) is 1. The van der Waals surface area contributed by atoms with Gasteiger partial charge in [-0.15, -0.1) is 11.3 Å². The Hall–Kier alpha value is -4.37. The fourth-order valence-corrected chi connectivity index (χ4v) is 5.49. The lowest BCUT2D eigenvalue weighted by atomic mass is 9.92. The van der Waals surface area contributed by atoms with Crippen molar-refractivity contribution in [1.82, 2.24) is 10.3 Å². The molecule has 9 heteroatoms. The zero-order valence-corrected chi connectivity index (χ0v) is 20.7. The van der Waals surface area contributed by atoms with E-state index in [0.717, 1.165) is 28.9 Å². The molecule has 0 saturated heterocycles. The molecule has 0 amide bonds. The first-order chi connectivity index (χ1) is 17.3. The molecule has 3 N–H and O–H groups in total. The highest BCUT2D eigenvalue weighted by atomic mass is 32.1. The SMILES string of the molecule is CCc1ccc(-c2c(C(C)=O)c(C)nc3sc(C(=O)c4c(=O)o[nH][n+]4-c4ccccc4)c(N)c23)cc1. The molecule has 5 rings (SSSR count). The summed E-state index contributed by atoms with van der Waals surface area (Å²) >= 11 is 1.09. The first kappa shape index (κ1) is 23.4. The number of aromatic nitrogens is 3. The first-order valence-corrected chi connectivity index (χ1v) is 12.2. The standard InChI is InChI=1S/C27H22N4O4S/c1-4-16-10-12-17(13-11-16)20-19(15(3)32)14(2)29-26-21(20)22(28)25(36-26)24(33)23-27(34)35-30-31(23)18-8-6-5-7-9-18/h5-13H,4H2,1-3H3,(H2-,28,30,33,34)/p+1. The third-order valence-electron chi connectivity index (χ3n) is 6.14. The van der Waals surface area contributed by atoms with E-state index in [-0.39, 0.29) is 22.0 Å². The molecule has 180 valence electrons. The number of thiophene rings is 1. The average Bonchev–Trinajstić information content (AvgIpc) is 3.42. The summed E-state index contributed by atoms with van der Waals surface area (Å²) in [4.78, 5) is 44.2. The van der Waals surface area contributed by atoms with E-state index in [0.29, 0.717) is 32.7 Å². The monoisotopic (exact) mass is 499 g/mol. The van der Waals surface area contributed by atoms with Gasteiger partial charge in [0.1, 0.15) is 9.71 Å². The van der Waals surface area contributed by atoms with Gasteiger partial charge in [-0.25, -0.2) is 9.78 Å². The molecule has 8 nitrogen and oxygen atoms in total. The summed E-state index contributed by atoms with van der Waals surface area (Å²) in [6.45, 7) is 5.32. The topological polar surface area (TPSA) is 123 Å². The zero-order valence-electron chi connectivity index (χ0n) is 19.9. The summed E-state index contributed by atoms with van der Waals surface area (Å²) in [6, 6.07) is 16.8. The minimum absolute atomic E-state index is 0.150. The van der Waals surface area contributed by atoms with Crippen LogP contribution in [0.15, 0.2) is 63.9 Å². The summed E-state index contributed by atoms with van der Waals surface area (Å²) in [6.07, 6.45) is 0.879. The molecule has 5 aromatic rings. The molecule has 0 aliphatic rings. The van der Waals surface area contributed by atoms with E-state index in [2.05, 4.69) is 17.2 Å². The number of carbonyl (C=O) groups excluding carboxylic acids is 2. The van der Waals surface area contributed by atoms with Crippen molar-refractivity contribution in [2.45, 2.75) is 27.2 Å². The summed E-state index contributed by atoms with van der Waals surface area (Å²) in [5.41, 5.74) is 9.88. The number of nitrogen functional groups attached to an aromatic ring is 1. The molecule has 36 heavy (non-hydrogen) atoms. The van der Waals surface area contributed by atoms with Gasteiger partial charge in [-0.05, 0) is 41.3 Å². The lowest BCUT2D eigenvalue weighted by Gasteiger charge is -2.13. The number of hydrogen-bond acceptors (Lipinski definition) is 7. The van der Waals surface area contributed by atoms with Crippen LogP contribution in [0.1, 0.15) is 50.8 Å². The van der Waals surface area contributed by atoms with Crippen LogP contribution in [0.5, 0.6) is 0 Å². The highest BCUT2D eigenvalue weighted by Gasteiger charge is 2.35. The molecule has 0 saturated carbocycles. The van der Waals surface area contributed by atoms with Crippen molar-refractivity contribution in [2.24, 2.45) is 0 Å². The number of nitrogens with two attached hydrogens (primary N) is 1. The Morgan fingerprint density at radius 1 is 1.11 bits per heavy atom. The third kappa shape index (κ3) is 3.74. The van der Waals surface area contributed by atoms with Crippen LogP contribution < -0.4 is 16.0 Å². The quantitative estimate of drug-likeness (QED) is 0.264. The van der Waals surface area contributed by atoms with Crippen molar-refractivity contribution in [3.63, 3.8) is 0 Å². The van der Waals surface area contributed by atoms with Gasteiger partial charge in [0.25, 0.3) is 5.78 Å². The van der Waals surface area contributed by atoms with Crippen LogP contribution in [0.3, 0.4) is 0 Å². The van der Waals surface area contributed by atoms with Crippen LogP contribution in [-0.2, 0) is 6.42 Å². The molecule has 0 aliphatic carbocycles. The summed E-state index contributed by atoms with van der Waals surface area (Å²) in [5, 5.41) is 3.01. The van der Waals surface area contributed by atoms with Crippen LogP contribution in [0, 0.1) is 6.92 Å². The normalized spacial score (nSPS) is 11.2. The summed E-state index contributed by atoms with van der Waals surface area (Å²) in [5.74, 6) is -0.744. The lowest BCUT2D eigenvalue weighted by Crippen LogP contribution is -2.41. The summed E-state index contributed by atoms with van der Waals surface area (Å²) in [7, 11) is 0. The fraction of sp³-hybridized carbons (Fsp3) is 0.148. The van der Waals surface area contributed by atoms with Crippen molar-refractivity contribution in [3.05, 3.63) is 92.4 Å². The number of fused-ring (bicyclic) bond motifs is 1. The van der Waals surface area contributed by atoms with Gasteiger partial charge in [0, 0.05) is 28.6 Å².